The van der Waals surface area contributed by atoms with Gasteiger partial charge < -0.3 is 19.9 Å². The second-order valence-corrected chi connectivity index (χ2v) is 6.04. The summed E-state index contributed by atoms with van der Waals surface area (Å²) in [5.74, 6) is 3.39. The fraction of sp³-hybridized carbons (Fsp3) is 0.250. The Morgan fingerprint density at radius 2 is 1.85 bits per heavy atom. The second-order valence-electron chi connectivity index (χ2n) is 6.04. The Morgan fingerprint density at radius 1 is 1.07 bits per heavy atom. The predicted molar refractivity (Wildman–Crippen MR) is 104 cm³/mol. The summed E-state index contributed by atoms with van der Waals surface area (Å²) in [6, 6.07) is 15.9. The van der Waals surface area contributed by atoms with Crippen molar-refractivity contribution in [1.82, 2.24) is 20.8 Å². The molecule has 3 rings (SSSR count). The molecule has 0 bridgehead atoms. The van der Waals surface area contributed by atoms with E-state index in [9.17, 15) is 0 Å². The van der Waals surface area contributed by atoms with Gasteiger partial charge in [-0.05, 0) is 30.7 Å². The van der Waals surface area contributed by atoms with Crippen LogP contribution in [0.2, 0.25) is 0 Å². The Labute approximate surface area is 158 Å². The van der Waals surface area contributed by atoms with Crippen molar-refractivity contribution < 1.29 is 9.26 Å². The highest BCUT2D eigenvalue weighted by molar-refractivity contribution is 5.79. The number of aromatic nitrogens is 2. The van der Waals surface area contributed by atoms with Crippen molar-refractivity contribution in [3.63, 3.8) is 0 Å². The highest BCUT2D eigenvalue weighted by atomic mass is 16.5. The number of ether oxygens (including phenoxy) is 1. The molecule has 0 amide bonds. The van der Waals surface area contributed by atoms with Gasteiger partial charge in [0.25, 0.3) is 0 Å². The normalized spacial score (nSPS) is 11.3. The summed E-state index contributed by atoms with van der Waals surface area (Å²) in [6.07, 6.45) is 0. The summed E-state index contributed by atoms with van der Waals surface area (Å²) >= 11 is 0. The summed E-state index contributed by atoms with van der Waals surface area (Å²) in [4.78, 5) is 8.39. The molecule has 2 N–H and O–H groups in total. The van der Waals surface area contributed by atoms with E-state index < -0.39 is 0 Å². The van der Waals surface area contributed by atoms with Crippen LogP contribution >= 0.6 is 0 Å². The largest absolute Gasteiger partial charge is 0.457 e. The Bertz CT molecular complexity index is 906. The first-order chi connectivity index (χ1) is 13.1. The van der Waals surface area contributed by atoms with Crippen molar-refractivity contribution in [2.45, 2.75) is 26.9 Å². The topological polar surface area (TPSA) is 84.6 Å². The quantitative estimate of drug-likeness (QED) is 0.515. The Balaban J connectivity index is 1.63. The van der Waals surface area contributed by atoms with Crippen molar-refractivity contribution >= 4 is 5.96 Å². The number of para-hydroxylation sites is 1. The Morgan fingerprint density at radius 3 is 2.56 bits per heavy atom. The molecule has 2 aromatic carbocycles. The number of hydrogen-bond donors (Lipinski definition) is 2. The number of rotatable bonds is 6. The minimum atomic E-state index is 0.429. The van der Waals surface area contributed by atoms with E-state index in [4.69, 9.17) is 9.26 Å². The first-order valence-electron chi connectivity index (χ1n) is 8.70. The molecule has 1 aromatic heterocycles. The second kappa shape index (κ2) is 8.84. The standard InChI is InChI=1S/C20H23N5O2/c1-14-9-10-16(18(11-14)26-17-7-5-4-6-8-17)12-22-20(21-3)23-13-19-24-15(2)27-25-19/h4-11H,12-13H2,1-3H3,(H2,21,22,23). The lowest BCUT2D eigenvalue weighted by molar-refractivity contribution is 0.387. The van der Waals surface area contributed by atoms with Crippen LogP contribution < -0.4 is 15.4 Å². The van der Waals surface area contributed by atoms with Crippen molar-refractivity contribution in [3.05, 3.63) is 71.4 Å². The van der Waals surface area contributed by atoms with Crippen molar-refractivity contribution in [2.75, 3.05) is 7.05 Å². The summed E-state index contributed by atoms with van der Waals surface area (Å²) in [5, 5.41) is 10.3. The molecule has 0 saturated heterocycles. The maximum Gasteiger partial charge on any atom is 0.223 e. The van der Waals surface area contributed by atoms with E-state index in [0.29, 0.717) is 30.8 Å². The number of guanidine groups is 1. The number of aliphatic imine (C=N–C) groups is 1. The molecule has 0 saturated carbocycles. The molecule has 140 valence electrons. The lowest BCUT2D eigenvalue weighted by atomic mass is 10.1. The molecule has 7 heteroatoms. The van der Waals surface area contributed by atoms with E-state index in [1.165, 1.54) is 0 Å². The first-order valence-corrected chi connectivity index (χ1v) is 8.70. The number of hydrogen-bond acceptors (Lipinski definition) is 5. The average molecular weight is 365 g/mol. The molecule has 0 radical (unpaired) electrons. The Kier molecular flexibility index (Phi) is 6.04. The van der Waals surface area contributed by atoms with Gasteiger partial charge in [-0.3, -0.25) is 4.99 Å². The Hall–Kier alpha value is -3.35. The van der Waals surface area contributed by atoms with Gasteiger partial charge >= 0.3 is 0 Å². The molecule has 0 aliphatic heterocycles. The van der Waals surface area contributed by atoms with Crippen LogP contribution in [0.25, 0.3) is 0 Å². The van der Waals surface area contributed by atoms with Crippen LogP contribution in [0.1, 0.15) is 22.8 Å². The molecule has 0 aliphatic carbocycles. The van der Waals surface area contributed by atoms with Gasteiger partial charge in [0.2, 0.25) is 5.89 Å². The third-order valence-corrected chi connectivity index (χ3v) is 3.85. The van der Waals surface area contributed by atoms with E-state index in [-0.39, 0.29) is 0 Å². The molecule has 0 spiro atoms. The lowest BCUT2D eigenvalue weighted by Gasteiger charge is -2.15. The summed E-state index contributed by atoms with van der Waals surface area (Å²) in [5.41, 5.74) is 2.17. The zero-order chi connectivity index (χ0) is 19.1. The van der Waals surface area contributed by atoms with Gasteiger partial charge in [0.05, 0.1) is 6.54 Å². The molecule has 27 heavy (non-hydrogen) atoms. The van der Waals surface area contributed by atoms with Crippen LogP contribution in [0.4, 0.5) is 0 Å². The molecule has 3 aromatic rings. The number of benzene rings is 2. The molecule has 7 nitrogen and oxygen atoms in total. The number of nitrogens with zero attached hydrogens (tertiary/aromatic N) is 3. The van der Waals surface area contributed by atoms with E-state index >= 15 is 0 Å². The fourth-order valence-electron chi connectivity index (χ4n) is 2.49. The van der Waals surface area contributed by atoms with E-state index in [1.807, 2.05) is 43.3 Å². The van der Waals surface area contributed by atoms with Crippen molar-refractivity contribution in [3.8, 4) is 11.5 Å². The molecule has 0 aliphatic rings. The van der Waals surface area contributed by atoms with Crippen LogP contribution in [0.15, 0.2) is 58.0 Å². The minimum Gasteiger partial charge on any atom is -0.457 e. The summed E-state index contributed by atoms with van der Waals surface area (Å²) in [6.45, 7) is 4.79. The highest BCUT2D eigenvalue weighted by Crippen LogP contribution is 2.26. The van der Waals surface area contributed by atoms with Gasteiger partial charge in [-0.15, -0.1) is 0 Å². The maximum atomic E-state index is 6.06. The van der Waals surface area contributed by atoms with Gasteiger partial charge in [0.15, 0.2) is 11.8 Å². The third-order valence-electron chi connectivity index (χ3n) is 3.85. The monoisotopic (exact) mass is 365 g/mol. The predicted octanol–water partition coefficient (Wildman–Crippen LogP) is 3.34. The highest BCUT2D eigenvalue weighted by Gasteiger charge is 2.08. The van der Waals surface area contributed by atoms with Crippen LogP contribution in [-0.2, 0) is 13.1 Å². The van der Waals surface area contributed by atoms with Crippen LogP contribution in [0.5, 0.6) is 11.5 Å². The van der Waals surface area contributed by atoms with Gasteiger partial charge in [0.1, 0.15) is 11.5 Å². The van der Waals surface area contributed by atoms with Gasteiger partial charge in [-0.25, -0.2) is 0 Å². The lowest BCUT2D eigenvalue weighted by Crippen LogP contribution is -2.36. The van der Waals surface area contributed by atoms with E-state index in [1.54, 1.807) is 14.0 Å². The van der Waals surface area contributed by atoms with Gasteiger partial charge in [-0.2, -0.15) is 4.98 Å². The van der Waals surface area contributed by atoms with Crippen molar-refractivity contribution in [2.24, 2.45) is 4.99 Å². The third kappa shape index (κ3) is 5.31. The SMILES string of the molecule is CN=C(NCc1noc(C)n1)NCc1ccc(C)cc1Oc1ccccc1. The smallest absolute Gasteiger partial charge is 0.223 e. The zero-order valence-corrected chi connectivity index (χ0v) is 15.7. The first kappa shape index (κ1) is 18.4. The van der Waals surface area contributed by atoms with Crippen LogP contribution in [0, 0.1) is 13.8 Å². The molecule has 0 unspecified atom stereocenters. The van der Waals surface area contributed by atoms with E-state index in [0.717, 1.165) is 22.6 Å². The molecule has 1 heterocycles. The molecule has 0 atom stereocenters. The van der Waals surface area contributed by atoms with E-state index in [2.05, 4.69) is 37.9 Å². The number of aryl methyl sites for hydroxylation is 2. The fourth-order valence-corrected chi connectivity index (χ4v) is 2.49. The maximum absolute atomic E-state index is 6.06. The summed E-state index contributed by atoms with van der Waals surface area (Å²) in [7, 11) is 1.72. The average Bonchev–Trinajstić information content (AvgIpc) is 3.09. The zero-order valence-electron chi connectivity index (χ0n) is 15.7. The van der Waals surface area contributed by atoms with Crippen LogP contribution in [-0.4, -0.2) is 23.1 Å². The van der Waals surface area contributed by atoms with Gasteiger partial charge in [-0.1, -0.05) is 35.5 Å². The molecule has 0 fully saturated rings. The minimum absolute atomic E-state index is 0.429. The van der Waals surface area contributed by atoms with Crippen LogP contribution in [0.3, 0.4) is 0 Å². The number of nitrogens with one attached hydrogen (secondary N) is 2. The van der Waals surface area contributed by atoms with Gasteiger partial charge in [0, 0.05) is 26.1 Å². The molecular weight excluding hydrogens is 342 g/mol. The van der Waals surface area contributed by atoms with Crippen molar-refractivity contribution in [1.29, 1.82) is 0 Å². The summed E-state index contributed by atoms with van der Waals surface area (Å²) < 4.78 is 11.0. The molecular formula is C20H23N5O2.